The van der Waals surface area contributed by atoms with Crippen molar-refractivity contribution in [3.05, 3.63) is 101 Å². The third-order valence-corrected chi connectivity index (χ3v) is 6.92. The number of rotatable bonds is 6. The molecule has 7 heteroatoms. The van der Waals surface area contributed by atoms with Gasteiger partial charge in [-0.3, -0.25) is 4.99 Å². The Morgan fingerprint density at radius 1 is 0.947 bits per heavy atom. The molecule has 3 aromatic rings. The van der Waals surface area contributed by atoms with Crippen LogP contribution in [0.15, 0.2) is 83.9 Å². The molecule has 2 heterocycles. The maximum absolute atomic E-state index is 11.5. The van der Waals surface area contributed by atoms with Crippen LogP contribution in [-0.2, 0) is 31.0 Å². The number of aliphatic hydroxyl groups is 1. The number of hydrogen-bond donors (Lipinski definition) is 2. The van der Waals surface area contributed by atoms with Gasteiger partial charge in [0, 0.05) is 17.3 Å². The minimum Gasteiger partial charge on any atom is -0.507 e. The molecule has 2 fully saturated rings. The third kappa shape index (κ3) is 5.82. The lowest BCUT2D eigenvalue weighted by atomic mass is 9.85. The molecule has 0 aromatic heterocycles. The first kappa shape index (κ1) is 26.5. The Kier molecular flexibility index (Phi) is 7.93. The molecule has 7 nitrogen and oxygen atoms in total. The zero-order valence-electron chi connectivity index (χ0n) is 21.9. The quantitative estimate of drug-likeness (QED) is 0.453. The van der Waals surface area contributed by atoms with Gasteiger partial charge < -0.3 is 29.2 Å². The Bertz CT molecular complexity index is 1230. The summed E-state index contributed by atoms with van der Waals surface area (Å²) in [6, 6.07) is 24.2. The summed E-state index contributed by atoms with van der Waals surface area (Å²) in [5.41, 5.74) is 2.98. The first-order valence-electron chi connectivity index (χ1n) is 13.0. The molecule has 0 radical (unpaired) electrons. The van der Waals surface area contributed by atoms with Gasteiger partial charge >= 0.3 is 0 Å². The van der Waals surface area contributed by atoms with Crippen LogP contribution in [0.5, 0.6) is 5.75 Å². The van der Waals surface area contributed by atoms with E-state index in [-0.39, 0.29) is 17.8 Å². The number of para-hydroxylation sites is 1. The van der Waals surface area contributed by atoms with Gasteiger partial charge in [0.05, 0.1) is 13.2 Å². The molecule has 0 spiro atoms. The molecule has 0 bridgehead atoms. The van der Waals surface area contributed by atoms with Gasteiger partial charge in [-0.2, -0.15) is 0 Å². The largest absolute Gasteiger partial charge is 0.507 e. The Labute approximate surface area is 223 Å². The van der Waals surface area contributed by atoms with E-state index in [4.69, 9.17) is 23.9 Å². The first-order chi connectivity index (χ1) is 18.3. The molecule has 0 aliphatic carbocycles. The molecule has 2 saturated heterocycles. The molecule has 2 N–H and O–H groups in total. The number of benzene rings is 3. The van der Waals surface area contributed by atoms with Crippen molar-refractivity contribution < 1.29 is 29.2 Å². The molecule has 0 amide bonds. The minimum atomic E-state index is -1.02. The van der Waals surface area contributed by atoms with E-state index in [1.807, 2.05) is 93.6 Å². The zero-order chi connectivity index (χ0) is 26.7. The summed E-state index contributed by atoms with van der Waals surface area (Å²) in [7, 11) is 0. The predicted molar refractivity (Wildman–Crippen MR) is 144 cm³/mol. The Morgan fingerprint density at radius 3 is 2.37 bits per heavy atom. The van der Waals surface area contributed by atoms with Crippen LogP contribution in [0.3, 0.4) is 0 Å². The second-order valence-corrected chi connectivity index (χ2v) is 10.8. The average molecular weight is 518 g/mol. The molecule has 0 saturated carbocycles. The Balaban J connectivity index is 1.40. The van der Waals surface area contributed by atoms with Gasteiger partial charge in [-0.25, -0.2) is 0 Å². The Hall–Kier alpha value is -3.07. The molecule has 3 aromatic carbocycles. The second-order valence-electron chi connectivity index (χ2n) is 10.8. The molecular formula is C31H35NO6. The van der Waals surface area contributed by atoms with Crippen LogP contribution in [0.2, 0.25) is 0 Å². The van der Waals surface area contributed by atoms with Gasteiger partial charge in [0.25, 0.3) is 0 Å². The summed E-state index contributed by atoms with van der Waals surface area (Å²) in [5.74, 6) is 0.168. The van der Waals surface area contributed by atoms with E-state index >= 15 is 0 Å². The lowest BCUT2D eigenvalue weighted by Gasteiger charge is -2.46. The maximum atomic E-state index is 11.5. The monoisotopic (exact) mass is 517 g/mol. The molecule has 1 unspecified atom stereocenters. The van der Waals surface area contributed by atoms with E-state index in [0.717, 1.165) is 16.7 Å². The molecule has 6 atom stereocenters. The number of aliphatic hydroxyl groups excluding tert-OH is 1. The lowest BCUT2D eigenvalue weighted by molar-refractivity contribution is -0.343. The van der Waals surface area contributed by atoms with Crippen molar-refractivity contribution in [3.63, 3.8) is 0 Å². The molecule has 2 aliphatic heterocycles. The van der Waals surface area contributed by atoms with Crippen molar-refractivity contribution in [3.8, 4) is 5.75 Å². The fourth-order valence-electron chi connectivity index (χ4n) is 4.84. The van der Waals surface area contributed by atoms with Crippen molar-refractivity contribution in [2.75, 3.05) is 6.61 Å². The minimum absolute atomic E-state index is 0.168. The van der Waals surface area contributed by atoms with E-state index in [1.165, 1.54) is 0 Å². The van der Waals surface area contributed by atoms with Crippen LogP contribution in [0, 0.1) is 0 Å². The summed E-state index contributed by atoms with van der Waals surface area (Å²) < 4.78 is 24.5. The van der Waals surface area contributed by atoms with Gasteiger partial charge in [0.15, 0.2) is 12.6 Å². The standard InChI is InChI=1S/C31H35NO6/c1-31(2,3)23-16-10-15-22(26(23)33)17-32-25-27(34)28-24(19-36-29(38-28)21-13-8-5-9-14-21)37-30(25)35-18-20-11-6-4-7-12-20/h4-17,24-25,27-30,33-34H,18-19H2,1-3H3/t24-,25-,27-,28-,29?,30+/m1/s1. The summed E-state index contributed by atoms with van der Waals surface area (Å²) in [5, 5.41) is 22.4. The van der Waals surface area contributed by atoms with Crippen molar-refractivity contribution in [1.82, 2.24) is 0 Å². The summed E-state index contributed by atoms with van der Waals surface area (Å²) >= 11 is 0. The van der Waals surface area contributed by atoms with Gasteiger partial charge in [-0.15, -0.1) is 0 Å². The van der Waals surface area contributed by atoms with Crippen molar-refractivity contribution in [2.24, 2.45) is 4.99 Å². The first-order valence-corrected chi connectivity index (χ1v) is 13.0. The number of fused-ring (bicyclic) bond motifs is 1. The zero-order valence-corrected chi connectivity index (χ0v) is 21.9. The van der Waals surface area contributed by atoms with Gasteiger partial charge in [0.2, 0.25) is 0 Å². The molecular weight excluding hydrogens is 482 g/mol. The van der Waals surface area contributed by atoms with Crippen LogP contribution in [-0.4, -0.2) is 53.7 Å². The highest BCUT2D eigenvalue weighted by molar-refractivity contribution is 5.84. The van der Waals surface area contributed by atoms with Crippen LogP contribution >= 0.6 is 0 Å². The fraction of sp³-hybridized carbons (Fsp3) is 0.387. The van der Waals surface area contributed by atoms with E-state index in [0.29, 0.717) is 12.2 Å². The normalized spacial score (nSPS) is 27.8. The van der Waals surface area contributed by atoms with Crippen molar-refractivity contribution in [1.29, 1.82) is 0 Å². The second kappa shape index (κ2) is 11.4. The smallest absolute Gasteiger partial charge is 0.184 e. The number of phenolic OH excluding ortho intramolecular Hbond substituents is 1. The van der Waals surface area contributed by atoms with Gasteiger partial charge in [-0.1, -0.05) is 93.6 Å². The third-order valence-electron chi connectivity index (χ3n) is 6.92. The lowest BCUT2D eigenvalue weighted by Crippen LogP contribution is -2.61. The number of aliphatic imine (C=N–C) groups is 1. The van der Waals surface area contributed by atoms with Gasteiger partial charge in [0.1, 0.15) is 30.1 Å². The predicted octanol–water partition coefficient (Wildman–Crippen LogP) is 4.89. The molecule has 38 heavy (non-hydrogen) atoms. The summed E-state index contributed by atoms with van der Waals surface area (Å²) in [6.07, 6.45) is -2.08. The highest BCUT2D eigenvalue weighted by Gasteiger charge is 2.49. The number of phenols is 1. The molecule has 5 rings (SSSR count). The Morgan fingerprint density at radius 2 is 1.66 bits per heavy atom. The number of nitrogens with zero attached hydrogens (tertiary/aromatic N) is 1. The van der Waals surface area contributed by atoms with Crippen LogP contribution in [0.25, 0.3) is 0 Å². The van der Waals surface area contributed by atoms with Crippen LogP contribution < -0.4 is 0 Å². The van der Waals surface area contributed by atoms with E-state index in [1.54, 1.807) is 12.3 Å². The average Bonchev–Trinajstić information content (AvgIpc) is 2.92. The van der Waals surface area contributed by atoms with Crippen LogP contribution in [0.4, 0.5) is 0 Å². The molecule has 200 valence electrons. The topological polar surface area (TPSA) is 89.7 Å². The summed E-state index contributed by atoms with van der Waals surface area (Å²) in [4.78, 5) is 4.70. The van der Waals surface area contributed by atoms with Crippen molar-refractivity contribution >= 4 is 6.21 Å². The SMILES string of the molecule is CC(C)(C)c1cccc(C=N[C@H]2[C@@H](OCc3ccccc3)O[C@@H]3COC(c4ccccc4)O[C@H]3[C@@H]2O)c1O. The van der Waals surface area contributed by atoms with E-state index in [9.17, 15) is 10.2 Å². The van der Waals surface area contributed by atoms with Crippen molar-refractivity contribution in [2.45, 2.75) is 69.7 Å². The van der Waals surface area contributed by atoms with Gasteiger partial charge in [-0.05, 0) is 22.6 Å². The maximum Gasteiger partial charge on any atom is 0.184 e. The highest BCUT2D eigenvalue weighted by atomic mass is 16.7. The molecule has 2 aliphatic rings. The van der Waals surface area contributed by atoms with E-state index in [2.05, 4.69) is 0 Å². The highest BCUT2D eigenvalue weighted by Crippen LogP contribution is 2.36. The fourth-order valence-corrected chi connectivity index (χ4v) is 4.84. The van der Waals surface area contributed by atoms with E-state index < -0.39 is 36.9 Å². The van der Waals surface area contributed by atoms with Crippen LogP contribution in [0.1, 0.15) is 49.3 Å². The number of aromatic hydroxyl groups is 1. The number of ether oxygens (including phenoxy) is 4. The number of hydrogen-bond acceptors (Lipinski definition) is 7. The summed E-state index contributed by atoms with van der Waals surface area (Å²) in [6.45, 7) is 6.67.